The predicted molar refractivity (Wildman–Crippen MR) is 187 cm³/mol. The van der Waals surface area contributed by atoms with Crippen molar-refractivity contribution in [2.75, 3.05) is 0 Å². The SMILES string of the molecule is CCCc1ccc(-c2ccc(-c3cnc(-c4ccc(CC[C@@H](CC(=O)O)NC(=O)c5ccc(C(C)(C)C)s5)cc4)nc3)cc2)cc1. The molecule has 1 atom stereocenters. The molecule has 6 nitrogen and oxygen atoms in total. The lowest BCUT2D eigenvalue weighted by Gasteiger charge is -2.17. The van der Waals surface area contributed by atoms with Crippen LogP contribution < -0.4 is 5.32 Å². The standard InChI is InChI=1S/C39H41N3O3S/c1-5-6-26-7-12-28(13-8-26)29-16-18-30(19-17-29)32-24-40-37(41-25-32)31-14-9-27(10-15-31)11-20-33(23-36(43)44)42-38(45)34-21-22-35(46-34)39(2,3)4/h7-10,12-19,21-22,24-25,33H,5-6,11,20,23H2,1-4H3,(H,42,45)(H,43,44)/t33-/m0/s1. The van der Waals surface area contributed by atoms with Crippen molar-refractivity contribution in [3.05, 3.63) is 118 Å². The molecule has 2 N–H and O–H groups in total. The lowest BCUT2D eigenvalue weighted by Crippen LogP contribution is -2.36. The van der Waals surface area contributed by atoms with Gasteiger partial charge in [0.15, 0.2) is 5.82 Å². The van der Waals surface area contributed by atoms with Crippen molar-refractivity contribution in [1.82, 2.24) is 15.3 Å². The van der Waals surface area contributed by atoms with Gasteiger partial charge in [0.05, 0.1) is 11.3 Å². The molecule has 2 heterocycles. The quantitative estimate of drug-likeness (QED) is 0.143. The number of hydrogen-bond donors (Lipinski definition) is 2. The van der Waals surface area contributed by atoms with Gasteiger partial charge in [-0.3, -0.25) is 9.59 Å². The van der Waals surface area contributed by atoms with E-state index in [1.54, 1.807) is 0 Å². The van der Waals surface area contributed by atoms with Gasteiger partial charge in [0.25, 0.3) is 5.91 Å². The third kappa shape index (κ3) is 8.55. The third-order valence-corrected chi connectivity index (χ3v) is 9.52. The molecule has 46 heavy (non-hydrogen) atoms. The van der Waals surface area contributed by atoms with Crippen LogP contribution in [0.15, 0.2) is 97.3 Å². The smallest absolute Gasteiger partial charge is 0.305 e. The Morgan fingerprint density at radius 3 is 1.78 bits per heavy atom. The van der Waals surface area contributed by atoms with Crippen molar-refractivity contribution in [1.29, 1.82) is 0 Å². The highest BCUT2D eigenvalue weighted by molar-refractivity contribution is 7.14. The molecule has 0 radical (unpaired) electrons. The Labute approximate surface area is 275 Å². The number of nitrogens with one attached hydrogen (secondary N) is 1. The van der Waals surface area contributed by atoms with Gasteiger partial charge in [-0.05, 0) is 64.6 Å². The molecule has 0 saturated carbocycles. The fraction of sp³-hybridized carbons (Fsp3) is 0.282. The molecule has 7 heteroatoms. The number of carboxylic acid groups (broad SMARTS) is 1. The number of nitrogens with zero attached hydrogens (tertiary/aromatic N) is 2. The Morgan fingerprint density at radius 2 is 1.26 bits per heavy atom. The van der Waals surface area contributed by atoms with Gasteiger partial charge in [0, 0.05) is 34.4 Å². The first-order valence-corrected chi connectivity index (χ1v) is 16.6. The fourth-order valence-corrected chi connectivity index (χ4v) is 6.32. The predicted octanol–water partition coefficient (Wildman–Crippen LogP) is 9.00. The van der Waals surface area contributed by atoms with Crippen LogP contribution >= 0.6 is 11.3 Å². The average Bonchev–Trinajstić information content (AvgIpc) is 3.56. The number of rotatable bonds is 12. The van der Waals surface area contributed by atoms with E-state index in [1.807, 2.05) is 48.8 Å². The Hall–Kier alpha value is -4.62. The van der Waals surface area contributed by atoms with Crippen LogP contribution in [0.25, 0.3) is 33.6 Å². The van der Waals surface area contributed by atoms with E-state index in [-0.39, 0.29) is 17.7 Å². The average molecular weight is 632 g/mol. The number of thiophene rings is 1. The van der Waals surface area contributed by atoms with E-state index in [0.29, 0.717) is 23.5 Å². The van der Waals surface area contributed by atoms with Crippen molar-refractivity contribution in [2.24, 2.45) is 0 Å². The lowest BCUT2D eigenvalue weighted by atomic mass is 9.95. The minimum atomic E-state index is -0.934. The summed E-state index contributed by atoms with van der Waals surface area (Å²) in [7, 11) is 0. The molecule has 236 valence electrons. The molecule has 0 saturated heterocycles. The first-order chi connectivity index (χ1) is 22.1. The summed E-state index contributed by atoms with van der Waals surface area (Å²) < 4.78 is 0. The topological polar surface area (TPSA) is 92.2 Å². The highest BCUT2D eigenvalue weighted by atomic mass is 32.1. The summed E-state index contributed by atoms with van der Waals surface area (Å²) in [6.07, 6.45) is 6.97. The second kappa shape index (κ2) is 14.6. The number of carbonyl (C=O) groups excluding carboxylic acids is 1. The molecular formula is C39H41N3O3S. The van der Waals surface area contributed by atoms with Crippen molar-refractivity contribution in [3.8, 4) is 33.6 Å². The van der Waals surface area contributed by atoms with Gasteiger partial charge in [-0.1, -0.05) is 107 Å². The number of aromatic nitrogens is 2. The van der Waals surface area contributed by atoms with Crippen molar-refractivity contribution in [2.45, 2.75) is 71.3 Å². The van der Waals surface area contributed by atoms with Gasteiger partial charge in [0.2, 0.25) is 0 Å². The zero-order chi connectivity index (χ0) is 32.7. The van der Waals surface area contributed by atoms with E-state index in [4.69, 9.17) is 0 Å². The number of aryl methyl sites for hydroxylation is 2. The maximum Gasteiger partial charge on any atom is 0.305 e. The zero-order valence-corrected chi connectivity index (χ0v) is 27.7. The van der Waals surface area contributed by atoms with Crippen molar-refractivity contribution < 1.29 is 14.7 Å². The van der Waals surface area contributed by atoms with Gasteiger partial charge in [-0.25, -0.2) is 9.97 Å². The van der Waals surface area contributed by atoms with E-state index in [0.717, 1.165) is 40.0 Å². The number of aliphatic carboxylic acids is 1. The molecule has 0 unspecified atom stereocenters. The molecule has 0 aliphatic carbocycles. The number of hydrogen-bond acceptors (Lipinski definition) is 5. The number of carbonyl (C=O) groups is 2. The summed E-state index contributed by atoms with van der Waals surface area (Å²) in [4.78, 5) is 35.4. The second-order valence-corrected chi connectivity index (χ2v) is 13.8. The van der Waals surface area contributed by atoms with E-state index < -0.39 is 12.0 Å². The number of carboxylic acids is 1. The van der Waals surface area contributed by atoms with Gasteiger partial charge in [-0.15, -0.1) is 11.3 Å². The monoisotopic (exact) mass is 631 g/mol. The molecule has 0 aliphatic heterocycles. The largest absolute Gasteiger partial charge is 0.481 e. The molecule has 0 bridgehead atoms. The van der Waals surface area contributed by atoms with E-state index in [2.05, 4.69) is 91.5 Å². The Bertz CT molecular complexity index is 1750. The number of amides is 1. The molecule has 0 aliphatic rings. The zero-order valence-electron chi connectivity index (χ0n) is 26.9. The second-order valence-electron chi connectivity index (χ2n) is 12.7. The Balaban J connectivity index is 1.18. The third-order valence-electron chi connectivity index (χ3n) is 8.01. The van der Waals surface area contributed by atoms with Crippen LogP contribution in [0.5, 0.6) is 0 Å². The summed E-state index contributed by atoms with van der Waals surface area (Å²) in [6, 6.07) is 28.5. The fourth-order valence-electron chi connectivity index (χ4n) is 5.35. The summed E-state index contributed by atoms with van der Waals surface area (Å²) in [6.45, 7) is 8.51. The maximum atomic E-state index is 12.9. The molecular weight excluding hydrogens is 591 g/mol. The first-order valence-electron chi connectivity index (χ1n) is 15.8. The molecule has 2 aromatic heterocycles. The minimum absolute atomic E-state index is 0.0448. The maximum absolute atomic E-state index is 12.9. The van der Waals surface area contributed by atoms with Crippen LogP contribution in [0, 0.1) is 0 Å². The van der Waals surface area contributed by atoms with Gasteiger partial charge in [-0.2, -0.15) is 0 Å². The Kier molecular flexibility index (Phi) is 10.4. The minimum Gasteiger partial charge on any atom is -0.481 e. The first kappa shape index (κ1) is 32.8. The highest BCUT2D eigenvalue weighted by Gasteiger charge is 2.21. The van der Waals surface area contributed by atoms with Crippen LogP contribution in [0.3, 0.4) is 0 Å². The van der Waals surface area contributed by atoms with Gasteiger partial charge >= 0.3 is 5.97 Å². The van der Waals surface area contributed by atoms with Crippen molar-refractivity contribution >= 4 is 23.2 Å². The van der Waals surface area contributed by atoms with E-state index in [1.165, 1.54) is 28.0 Å². The molecule has 5 rings (SSSR count). The Morgan fingerprint density at radius 1 is 0.739 bits per heavy atom. The van der Waals surface area contributed by atoms with Crippen LogP contribution in [0.2, 0.25) is 0 Å². The molecule has 5 aromatic rings. The molecule has 1 amide bonds. The molecule has 0 spiro atoms. The van der Waals surface area contributed by atoms with Crippen molar-refractivity contribution in [3.63, 3.8) is 0 Å². The normalized spacial score (nSPS) is 12.1. The van der Waals surface area contributed by atoms with Crippen LogP contribution in [0.4, 0.5) is 0 Å². The lowest BCUT2D eigenvalue weighted by molar-refractivity contribution is -0.137. The van der Waals surface area contributed by atoms with Gasteiger partial charge in [0.1, 0.15) is 0 Å². The summed E-state index contributed by atoms with van der Waals surface area (Å²) >= 11 is 1.45. The number of benzene rings is 3. The summed E-state index contributed by atoms with van der Waals surface area (Å²) in [5.74, 6) is -0.521. The summed E-state index contributed by atoms with van der Waals surface area (Å²) in [5.41, 5.74) is 7.67. The highest BCUT2D eigenvalue weighted by Crippen LogP contribution is 2.30. The molecule has 3 aromatic carbocycles. The van der Waals surface area contributed by atoms with Crippen LogP contribution in [-0.2, 0) is 23.1 Å². The van der Waals surface area contributed by atoms with Gasteiger partial charge < -0.3 is 10.4 Å². The van der Waals surface area contributed by atoms with Crippen LogP contribution in [-0.4, -0.2) is 33.0 Å². The van der Waals surface area contributed by atoms with Crippen LogP contribution in [0.1, 0.15) is 72.6 Å². The van der Waals surface area contributed by atoms with E-state index >= 15 is 0 Å². The van der Waals surface area contributed by atoms with E-state index in [9.17, 15) is 14.7 Å². The summed E-state index contributed by atoms with van der Waals surface area (Å²) in [5, 5.41) is 12.4. The molecule has 0 fully saturated rings.